The smallest absolute Gasteiger partial charge is 0.248 e. The zero-order valence-corrected chi connectivity index (χ0v) is 14.8. The summed E-state index contributed by atoms with van der Waals surface area (Å²) in [6, 6.07) is 28.0. The lowest BCUT2D eigenvalue weighted by atomic mass is 9.76. The summed E-state index contributed by atoms with van der Waals surface area (Å²) in [7, 11) is 0. The second kappa shape index (κ2) is 6.70. The molecule has 4 rings (SSSR count). The van der Waals surface area contributed by atoms with E-state index in [1.54, 1.807) is 12.5 Å². The standard InChI is InChI=1S/C22H17ClN2O/c23-21-14-8-7-13-20(21)22(18-9-3-1-4-10-18,19-11-5-2-6-12-19)24-15-16-25(26)17-24/h1-17H. The third-order valence-corrected chi connectivity index (χ3v) is 4.98. The first-order valence-corrected chi connectivity index (χ1v) is 8.74. The van der Waals surface area contributed by atoms with Crippen molar-refractivity contribution < 1.29 is 4.73 Å². The number of aromatic nitrogens is 2. The Morgan fingerprint density at radius 3 is 1.81 bits per heavy atom. The SMILES string of the molecule is [O-][n+]1ccn(C(c2ccccc2)(c2ccccc2)c2ccccc2Cl)c1. The lowest BCUT2D eigenvalue weighted by Crippen LogP contribution is -2.38. The van der Waals surface area contributed by atoms with Crippen molar-refractivity contribution >= 4 is 11.6 Å². The third kappa shape index (κ3) is 2.57. The van der Waals surface area contributed by atoms with Crippen LogP contribution in [0.1, 0.15) is 16.7 Å². The van der Waals surface area contributed by atoms with Gasteiger partial charge in [-0.3, -0.25) is 0 Å². The summed E-state index contributed by atoms with van der Waals surface area (Å²) in [4.78, 5) is 0. The minimum atomic E-state index is -0.753. The van der Waals surface area contributed by atoms with Crippen molar-refractivity contribution in [2.24, 2.45) is 0 Å². The summed E-state index contributed by atoms with van der Waals surface area (Å²) in [6.07, 6.45) is 4.83. The molecule has 0 atom stereocenters. The topological polar surface area (TPSA) is 31.9 Å². The van der Waals surface area contributed by atoms with Gasteiger partial charge >= 0.3 is 0 Å². The van der Waals surface area contributed by atoms with Gasteiger partial charge in [-0.1, -0.05) is 90.5 Å². The monoisotopic (exact) mass is 360 g/mol. The molecule has 0 saturated heterocycles. The first-order chi connectivity index (χ1) is 12.7. The average Bonchev–Trinajstić information content (AvgIpc) is 3.12. The molecule has 0 amide bonds. The Balaban J connectivity index is 2.16. The van der Waals surface area contributed by atoms with Gasteiger partial charge in [0.15, 0.2) is 5.54 Å². The molecule has 4 aromatic rings. The van der Waals surface area contributed by atoms with E-state index in [0.29, 0.717) is 5.02 Å². The highest BCUT2D eigenvalue weighted by atomic mass is 35.5. The molecular weight excluding hydrogens is 344 g/mol. The Morgan fingerprint density at radius 1 is 0.769 bits per heavy atom. The van der Waals surface area contributed by atoms with Gasteiger partial charge in [0, 0.05) is 21.7 Å². The Bertz CT molecular complexity index is 973. The van der Waals surface area contributed by atoms with Crippen molar-refractivity contribution in [3.8, 4) is 0 Å². The fourth-order valence-corrected chi connectivity index (χ4v) is 3.84. The van der Waals surface area contributed by atoms with Gasteiger partial charge in [-0.05, 0) is 6.07 Å². The van der Waals surface area contributed by atoms with Crippen molar-refractivity contribution in [2.75, 3.05) is 0 Å². The number of hydrogen-bond acceptors (Lipinski definition) is 1. The normalized spacial score (nSPS) is 11.4. The summed E-state index contributed by atoms with van der Waals surface area (Å²) >= 11 is 6.67. The van der Waals surface area contributed by atoms with Crippen molar-refractivity contribution in [3.05, 3.63) is 131 Å². The van der Waals surface area contributed by atoms with E-state index in [0.717, 1.165) is 21.4 Å². The second-order valence-corrected chi connectivity index (χ2v) is 6.51. The quantitative estimate of drug-likeness (QED) is 0.297. The highest BCUT2D eigenvalue weighted by molar-refractivity contribution is 6.31. The molecular formula is C22H17ClN2O. The molecule has 0 N–H and O–H groups in total. The Hall–Kier alpha value is -3.04. The van der Waals surface area contributed by atoms with Gasteiger partial charge in [-0.15, -0.1) is 0 Å². The lowest BCUT2D eigenvalue weighted by Gasteiger charge is -2.33. The molecule has 0 radical (unpaired) electrons. The summed E-state index contributed by atoms with van der Waals surface area (Å²) in [5, 5.41) is 12.6. The van der Waals surface area contributed by atoms with Gasteiger partial charge in [-0.2, -0.15) is 0 Å². The van der Waals surface area contributed by atoms with Gasteiger partial charge in [0.05, 0.1) is 0 Å². The molecule has 0 unspecified atom stereocenters. The maximum absolute atomic E-state index is 12.0. The molecule has 0 fully saturated rings. The van der Waals surface area contributed by atoms with Gasteiger partial charge in [0.2, 0.25) is 6.33 Å². The van der Waals surface area contributed by atoms with Crippen LogP contribution in [0.3, 0.4) is 0 Å². The molecule has 0 aliphatic heterocycles. The van der Waals surface area contributed by atoms with E-state index in [9.17, 15) is 5.21 Å². The highest BCUT2D eigenvalue weighted by Crippen LogP contribution is 2.43. The maximum Gasteiger partial charge on any atom is 0.248 e. The highest BCUT2D eigenvalue weighted by Gasteiger charge is 2.44. The molecule has 3 nitrogen and oxygen atoms in total. The summed E-state index contributed by atoms with van der Waals surface area (Å²) in [6.45, 7) is 0. The molecule has 0 aliphatic carbocycles. The maximum atomic E-state index is 12.0. The van der Waals surface area contributed by atoms with Crippen LogP contribution in [0, 0.1) is 5.21 Å². The summed E-state index contributed by atoms with van der Waals surface area (Å²) < 4.78 is 2.73. The van der Waals surface area contributed by atoms with E-state index < -0.39 is 5.54 Å². The molecule has 0 aliphatic rings. The molecule has 4 heteroatoms. The Morgan fingerprint density at radius 2 is 1.31 bits per heavy atom. The number of benzene rings is 3. The lowest BCUT2D eigenvalue weighted by molar-refractivity contribution is -0.605. The van der Waals surface area contributed by atoms with Gasteiger partial charge in [0.25, 0.3) is 0 Å². The number of nitrogens with zero attached hydrogens (tertiary/aromatic N) is 2. The van der Waals surface area contributed by atoms with Crippen molar-refractivity contribution in [1.29, 1.82) is 0 Å². The first-order valence-electron chi connectivity index (χ1n) is 8.36. The van der Waals surface area contributed by atoms with E-state index in [4.69, 9.17) is 11.6 Å². The fraction of sp³-hybridized carbons (Fsp3) is 0.0455. The van der Waals surface area contributed by atoms with E-state index >= 15 is 0 Å². The Kier molecular flexibility index (Phi) is 4.23. The van der Waals surface area contributed by atoms with Gasteiger partial charge in [0.1, 0.15) is 12.4 Å². The predicted molar refractivity (Wildman–Crippen MR) is 103 cm³/mol. The van der Waals surface area contributed by atoms with E-state index in [1.165, 1.54) is 6.20 Å². The van der Waals surface area contributed by atoms with Crippen LogP contribution >= 0.6 is 11.6 Å². The molecule has 0 bridgehead atoms. The van der Waals surface area contributed by atoms with E-state index in [1.807, 2.05) is 65.2 Å². The van der Waals surface area contributed by atoms with Crippen LogP contribution in [0.4, 0.5) is 0 Å². The van der Waals surface area contributed by atoms with Crippen LogP contribution in [0.15, 0.2) is 104 Å². The molecule has 1 heterocycles. The molecule has 3 aromatic carbocycles. The predicted octanol–water partition coefficient (Wildman–Crippen LogP) is 4.62. The van der Waals surface area contributed by atoms with Crippen LogP contribution in [-0.4, -0.2) is 4.57 Å². The summed E-state index contributed by atoms with van der Waals surface area (Å²) in [5.74, 6) is 0. The zero-order valence-electron chi connectivity index (χ0n) is 14.0. The second-order valence-electron chi connectivity index (χ2n) is 6.10. The minimum absolute atomic E-state index is 0.645. The van der Waals surface area contributed by atoms with E-state index in [-0.39, 0.29) is 0 Å². The van der Waals surface area contributed by atoms with Crippen molar-refractivity contribution in [3.63, 3.8) is 0 Å². The number of imidazole rings is 1. The molecule has 0 saturated carbocycles. The average molecular weight is 361 g/mol. The van der Waals surface area contributed by atoms with Crippen molar-refractivity contribution in [2.45, 2.75) is 5.54 Å². The fourth-order valence-electron chi connectivity index (χ4n) is 3.56. The third-order valence-electron chi connectivity index (χ3n) is 4.65. The van der Waals surface area contributed by atoms with Crippen LogP contribution in [0.25, 0.3) is 0 Å². The number of rotatable bonds is 4. The minimum Gasteiger partial charge on any atom is -0.711 e. The number of hydrogen-bond donors (Lipinski definition) is 0. The van der Waals surface area contributed by atoms with Crippen molar-refractivity contribution in [1.82, 2.24) is 4.57 Å². The van der Waals surface area contributed by atoms with Gasteiger partial charge in [-0.25, -0.2) is 9.30 Å². The molecule has 1 aromatic heterocycles. The number of halogens is 1. The largest absolute Gasteiger partial charge is 0.711 e. The Labute approximate surface area is 157 Å². The molecule has 26 heavy (non-hydrogen) atoms. The van der Waals surface area contributed by atoms with Crippen LogP contribution in [-0.2, 0) is 5.54 Å². The summed E-state index contributed by atoms with van der Waals surface area (Å²) in [5.41, 5.74) is 2.21. The van der Waals surface area contributed by atoms with E-state index in [2.05, 4.69) is 24.3 Å². The van der Waals surface area contributed by atoms with Crippen LogP contribution in [0.2, 0.25) is 5.02 Å². The van der Waals surface area contributed by atoms with Crippen LogP contribution < -0.4 is 4.73 Å². The van der Waals surface area contributed by atoms with Crippen LogP contribution in [0.5, 0.6) is 0 Å². The molecule has 128 valence electrons. The first kappa shape index (κ1) is 16.4. The zero-order chi connectivity index (χ0) is 18.0. The molecule has 0 spiro atoms. The van der Waals surface area contributed by atoms with Gasteiger partial charge < -0.3 is 5.21 Å².